The molecule has 1 saturated heterocycles. The molecule has 28 heavy (non-hydrogen) atoms. The standard InChI is InChI=1S/C18H24N4O5S/c1-3-5-8-21-16(25)17(26)22(18(21)27)12-15(24)20(4-2)11-14(23)19-10-13-7-6-9-28-13/h6-7,9H,3-5,8,10-12H2,1-2H3,(H,19,23). The number of thiophene rings is 1. The van der Waals surface area contributed by atoms with Gasteiger partial charge in [-0.25, -0.2) is 9.69 Å². The van der Waals surface area contributed by atoms with Gasteiger partial charge in [-0.15, -0.1) is 11.3 Å². The van der Waals surface area contributed by atoms with E-state index in [9.17, 15) is 24.0 Å². The molecule has 9 nitrogen and oxygen atoms in total. The van der Waals surface area contributed by atoms with E-state index in [0.717, 1.165) is 16.2 Å². The smallest absolute Gasteiger partial charge is 0.334 e. The number of nitrogens with zero attached hydrogens (tertiary/aromatic N) is 3. The molecule has 1 N–H and O–H groups in total. The summed E-state index contributed by atoms with van der Waals surface area (Å²) in [7, 11) is 0. The van der Waals surface area contributed by atoms with Gasteiger partial charge in [-0.1, -0.05) is 19.4 Å². The second-order valence-corrected chi connectivity index (χ2v) is 7.28. The van der Waals surface area contributed by atoms with Crippen molar-refractivity contribution in [2.75, 3.05) is 26.2 Å². The van der Waals surface area contributed by atoms with Gasteiger partial charge in [0.25, 0.3) is 0 Å². The van der Waals surface area contributed by atoms with Gasteiger partial charge in [0.1, 0.15) is 6.54 Å². The average molecular weight is 408 g/mol. The van der Waals surface area contributed by atoms with Crippen molar-refractivity contribution in [1.82, 2.24) is 20.0 Å². The van der Waals surface area contributed by atoms with E-state index in [2.05, 4.69) is 5.32 Å². The summed E-state index contributed by atoms with van der Waals surface area (Å²) in [5, 5.41) is 4.62. The number of rotatable bonds is 10. The molecule has 0 aliphatic carbocycles. The highest BCUT2D eigenvalue weighted by Gasteiger charge is 2.45. The molecule has 10 heteroatoms. The van der Waals surface area contributed by atoms with Crippen LogP contribution in [0.5, 0.6) is 0 Å². The quantitative estimate of drug-likeness (QED) is 0.455. The van der Waals surface area contributed by atoms with E-state index in [4.69, 9.17) is 0 Å². The van der Waals surface area contributed by atoms with Crippen molar-refractivity contribution >= 4 is 41.0 Å². The fourth-order valence-corrected chi connectivity index (χ4v) is 3.29. The van der Waals surface area contributed by atoms with Crippen LogP contribution < -0.4 is 5.32 Å². The molecular weight excluding hydrogens is 384 g/mol. The molecule has 0 aromatic carbocycles. The Morgan fingerprint density at radius 1 is 1.14 bits per heavy atom. The van der Waals surface area contributed by atoms with E-state index in [-0.39, 0.29) is 25.5 Å². The Hall–Kier alpha value is -2.75. The third-order valence-electron chi connectivity index (χ3n) is 4.27. The lowest BCUT2D eigenvalue weighted by atomic mass is 10.3. The lowest BCUT2D eigenvalue weighted by molar-refractivity contribution is -0.145. The number of amides is 6. The molecule has 0 unspecified atom stereocenters. The van der Waals surface area contributed by atoms with Crippen molar-refractivity contribution in [3.63, 3.8) is 0 Å². The Labute approximate surface area is 167 Å². The fourth-order valence-electron chi connectivity index (χ4n) is 2.64. The van der Waals surface area contributed by atoms with Gasteiger partial charge in [-0.05, 0) is 24.8 Å². The van der Waals surface area contributed by atoms with Crippen molar-refractivity contribution < 1.29 is 24.0 Å². The Morgan fingerprint density at radius 3 is 2.46 bits per heavy atom. The molecule has 2 heterocycles. The van der Waals surface area contributed by atoms with E-state index in [1.165, 1.54) is 16.2 Å². The number of nitrogens with one attached hydrogen (secondary N) is 1. The van der Waals surface area contributed by atoms with Crippen LogP contribution in [0.25, 0.3) is 0 Å². The third-order valence-corrected chi connectivity index (χ3v) is 5.15. The molecule has 1 aliphatic rings. The summed E-state index contributed by atoms with van der Waals surface area (Å²) in [6.45, 7) is 3.59. The Bertz CT molecular complexity index is 749. The molecule has 0 atom stereocenters. The molecule has 6 amide bonds. The molecule has 0 saturated carbocycles. The van der Waals surface area contributed by atoms with Crippen LogP contribution in [0.3, 0.4) is 0 Å². The summed E-state index contributed by atoms with van der Waals surface area (Å²) in [6, 6.07) is 2.98. The van der Waals surface area contributed by atoms with Gasteiger partial charge in [0.05, 0.1) is 13.1 Å². The van der Waals surface area contributed by atoms with Crippen molar-refractivity contribution in [2.24, 2.45) is 0 Å². The van der Waals surface area contributed by atoms with Gasteiger partial charge in [-0.3, -0.25) is 24.1 Å². The molecule has 1 aromatic heterocycles. The predicted molar refractivity (Wildman–Crippen MR) is 102 cm³/mol. The van der Waals surface area contributed by atoms with Crippen LogP contribution in [-0.2, 0) is 25.7 Å². The molecule has 0 bridgehead atoms. The molecule has 0 radical (unpaired) electrons. The molecule has 1 fully saturated rings. The van der Waals surface area contributed by atoms with E-state index >= 15 is 0 Å². The number of urea groups is 1. The Kier molecular flexibility index (Phi) is 7.68. The zero-order valence-corrected chi connectivity index (χ0v) is 16.8. The minimum absolute atomic E-state index is 0.146. The van der Waals surface area contributed by atoms with Gasteiger partial charge in [0.15, 0.2) is 0 Å². The molecule has 2 rings (SSSR count). The first-order valence-corrected chi connectivity index (χ1v) is 10.0. The van der Waals surface area contributed by atoms with Crippen LogP contribution >= 0.6 is 11.3 Å². The van der Waals surface area contributed by atoms with Crippen molar-refractivity contribution in [3.8, 4) is 0 Å². The Morgan fingerprint density at radius 2 is 1.86 bits per heavy atom. The lowest BCUT2D eigenvalue weighted by Crippen LogP contribution is -2.46. The van der Waals surface area contributed by atoms with Crippen LogP contribution in [-0.4, -0.2) is 70.5 Å². The van der Waals surface area contributed by atoms with Crippen LogP contribution in [0, 0.1) is 0 Å². The number of likely N-dealkylation sites (N-methyl/N-ethyl adjacent to an activating group) is 1. The average Bonchev–Trinajstić information content (AvgIpc) is 3.27. The first-order chi connectivity index (χ1) is 13.4. The summed E-state index contributed by atoms with van der Waals surface area (Å²) in [4.78, 5) is 64.6. The number of unbranched alkanes of at least 4 members (excludes halogenated alkanes) is 1. The predicted octanol–water partition coefficient (Wildman–Crippen LogP) is 0.804. The molecule has 1 aromatic rings. The minimum Gasteiger partial charge on any atom is -0.350 e. The normalized spacial score (nSPS) is 14.0. The summed E-state index contributed by atoms with van der Waals surface area (Å²) < 4.78 is 0. The molecule has 152 valence electrons. The second kappa shape index (κ2) is 9.98. The minimum atomic E-state index is -1.01. The largest absolute Gasteiger partial charge is 0.350 e. The summed E-state index contributed by atoms with van der Waals surface area (Å²) >= 11 is 1.51. The van der Waals surface area contributed by atoms with Crippen molar-refractivity contribution in [2.45, 2.75) is 33.2 Å². The summed E-state index contributed by atoms with van der Waals surface area (Å²) in [5.41, 5.74) is 0. The second-order valence-electron chi connectivity index (χ2n) is 6.25. The van der Waals surface area contributed by atoms with Crippen LogP contribution in [0.15, 0.2) is 17.5 Å². The number of hydrogen-bond acceptors (Lipinski definition) is 6. The highest BCUT2D eigenvalue weighted by Crippen LogP contribution is 2.13. The van der Waals surface area contributed by atoms with Crippen LogP contribution in [0.4, 0.5) is 4.79 Å². The highest BCUT2D eigenvalue weighted by molar-refractivity contribution is 7.09. The number of hydrogen-bond donors (Lipinski definition) is 1. The molecule has 1 aliphatic heterocycles. The van der Waals surface area contributed by atoms with Gasteiger partial charge in [0.2, 0.25) is 11.8 Å². The van der Waals surface area contributed by atoms with E-state index < -0.39 is 30.3 Å². The first-order valence-electron chi connectivity index (χ1n) is 9.13. The monoisotopic (exact) mass is 408 g/mol. The Balaban J connectivity index is 1.91. The third kappa shape index (κ3) is 5.16. The van der Waals surface area contributed by atoms with Crippen LogP contribution in [0.1, 0.15) is 31.6 Å². The van der Waals surface area contributed by atoms with Crippen molar-refractivity contribution in [3.05, 3.63) is 22.4 Å². The highest BCUT2D eigenvalue weighted by atomic mass is 32.1. The zero-order chi connectivity index (χ0) is 20.7. The number of imide groups is 2. The SMILES string of the molecule is CCCCN1C(=O)C(=O)N(CC(=O)N(CC)CC(=O)NCc2cccs2)C1=O. The fraction of sp³-hybridized carbons (Fsp3) is 0.500. The van der Waals surface area contributed by atoms with Gasteiger partial charge < -0.3 is 10.2 Å². The van der Waals surface area contributed by atoms with E-state index in [1.807, 2.05) is 24.4 Å². The van der Waals surface area contributed by atoms with E-state index in [1.54, 1.807) is 6.92 Å². The maximum absolute atomic E-state index is 12.5. The van der Waals surface area contributed by atoms with E-state index in [0.29, 0.717) is 17.9 Å². The maximum Gasteiger partial charge on any atom is 0.334 e. The topological polar surface area (TPSA) is 107 Å². The number of carbonyl (C=O) groups is 5. The molecular formula is C18H24N4O5S. The van der Waals surface area contributed by atoms with Gasteiger partial charge >= 0.3 is 17.8 Å². The summed E-state index contributed by atoms with van der Waals surface area (Å²) in [6.07, 6.45) is 1.34. The zero-order valence-electron chi connectivity index (χ0n) is 16.0. The summed E-state index contributed by atoms with van der Waals surface area (Å²) in [5.74, 6) is -2.83. The van der Waals surface area contributed by atoms with Crippen molar-refractivity contribution in [1.29, 1.82) is 0 Å². The first kappa shape index (κ1) is 21.5. The van der Waals surface area contributed by atoms with Gasteiger partial charge in [-0.2, -0.15) is 0 Å². The van der Waals surface area contributed by atoms with Gasteiger partial charge in [0, 0.05) is 18.0 Å². The molecule has 0 spiro atoms. The van der Waals surface area contributed by atoms with Crippen LogP contribution in [0.2, 0.25) is 0 Å². The maximum atomic E-state index is 12.5. The lowest BCUT2D eigenvalue weighted by Gasteiger charge is -2.22. The number of carbonyl (C=O) groups excluding carboxylic acids is 5.